The fourth-order valence-corrected chi connectivity index (χ4v) is 5.51. The number of carbonyl (C=O) groups is 2. The Kier molecular flexibility index (Phi) is 10.5. The number of carbonyl (C=O) groups excluding carboxylic acids is 2. The molecule has 2 aliphatic rings. The molecule has 11 heteroatoms. The number of benzene rings is 3. The third kappa shape index (κ3) is 7.55. The van der Waals surface area contributed by atoms with Crippen LogP contribution in [0.1, 0.15) is 33.9 Å². The molecule has 3 aromatic carbocycles. The molecule has 0 unspecified atom stereocenters. The maximum absolute atomic E-state index is 14.2. The summed E-state index contributed by atoms with van der Waals surface area (Å²) in [5.41, 5.74) is 2.96. The van der Waals surface area contributed by atoms with Crippen molar-refractivity contribution in [2.24, 2.45) is 5.10 Å². The minimum atomic E-state index is -0.411. The van der Waals surface area contributed by atoms with Crippen LogP contribution >= 0.6 is 0 Å². The van der Waals surface area contributed by atoms with E-state index in [0.717, 1.165) is 35.7 Å². The lowest BCUT2D eigenvalue weighted by atomic mass is 9.98. The molecule has 238 valence electrons. The largest absolute Gasteiger partial charge is 0.497 e. The van der Waals surface area contributed by atoms with Crippen molar-refractivity contribution in [1.29, 1.82) is 0 Å². The Morgan fingerprint density at radius 2 is 1.49 bits per heavy atom. The van der Waals surface area contributed by atoms with E-state index in [-0.39, 0.29) is 18.4 Å². The predicted molar refractivity (Wildman–Crippen MR) is 169 cm³/mol. The monoisotopic (exact) mass is 616 g/mol. The highest BCUT2D eigenvalue weighted by Gasteiger charge is 2.35. The fraction of sp³-hybridized carbons (Fsp3) is 0.382. The Hall–Kier alpha value is -4.61. The van der Waals surface area contributed by atoms with E-state index in [1.165, 1.54) is 5.01 Å². The van der Waals surface area contributed by atoms with E-state index in [2.05, 4.69) is 4.90 Å². The van der Waals surface area contributed by atoms with Crippen LogP contribution in [0.25, 0.3) is 0 Å². The van der Waals surface area contributed by atoms with Gasteiger partial charge in [-0.25, -0.2) is 5.01 Å². The molecule has 1 fully saturated rings. The molecule has 0 aliphatic carbocycles. The average molecular weight is 617 g/mol. The first-order valence-electron chi connectivity index (χ1n) is 14.9. The van der Waals surface area contributed by atoms with E-state index in [9.17, 15) is 9.59 Å². The summed E-state index contributed by atoms with van der Waals surface area (Å²) in [7, 11) is 6.36. The van der Waals surface area contributed by atoms with Gasteiger partial charge in [0.15, 0.2) is 11.5 Å². The highest BCUT2D eigenvalue weighted by Crippen LogP contribution is 2.37. The number of morpholine rings is 1. The molecular formula is C34H40N4O7. The lowest BCUT2D eigenvalue weighted by Gasteiger charge is -2.31. The van der Waals surface area contributed by atoms with Crippen LogP contribution in [0.2, 0.25) is 0 Å². The maximum atomic E-state index is 14.2. The number of amides is 2. The second kappa shape index (κ2) is 14.9. The van der Waals surface area contributed by atoms with Crippen LogP contribution in [0.15, 0.2) is 71.8 Å². The zero-order chi connectivity index (χ0) is 31.8. The second-order valence-corrected chi connectivity index (χ2v) is 10.8. The highest BCUT2D eigenvalue weighted by atomic mass is 16.5. The van der Waals surface area contributed by atoms with Gasteiger partial charge in [-0.1, -0.05) is 6.07 Å². The molecule has 0 bridgehead atoms. The molecule has 2 amide bonds. The van der Waals surface area contributed by atoms with Gasteiger partial charge in [0.1, 0.15) is 18.0 Å². The van der Waals surface area contributed by atoms with Gasteiger partial charge in [0.25, 0.3) is 11.8 Å². The zero-order valence-electron chi connectivity index (χ0n) is 26.2. The smallest absolute Gasteiger partial charge is 0.262 e. The van der Waals surface area contributed by atoms with E-state index in [0.29, 0.717) is 55.5 Å². The molecule has 5 rings (SSSR count). The van der Waals surface area contributed by atoms with Gasteiger partial charge < -0.3 is 28.6 Å². The first kappa shape index (κ1) is 31.8. The van der Waals surface area contributed by atoms with E-state index in [4.69, 9.17) is 28.8 Å². The average Bonchev–Trinajstić information content (AvgIpc) is 3.55. The van der Waals surface area contributed by atoms with E-state index in [1.807, 2.05) is 42.5 Å². The lowest BCUT2D eigenvalue weighted by Crippen LogP contribution is -2.46. The number of hydrogen-bond donors (Lipinski definition) is 0. The molecule has 0 radical (unpaired) electrons. The van der Waals surface area contributed by atoms with Gasteiger partial charge in [-0.2, -0.15) is 5.10 Å². The lowest BCUT2D eigenvalue weighted by molar-refractivity contribution is -0.133. The topological polar surface area (TPSA) is 102 Å². The number of rotatable bonds is 12. The Labute approximate surface area is 263 Å². The Morgan fingerprint density at radius 1 is 0.844 bits per heavy atom. The summed E-state index contributed by atoms with van der Waals surface area (Å²) in [6.45, 7) is 3.71. The zero-order valence-corrected chi connectivity index (χ0v) is 26.2. The van der Waals surface area contributed by atoms with Crippen LogP contribution in [0.3, 0.4) is 0 Å². The van der Waals surface area contributed by atoms with Crippen molar-refractivity contribution in [1.82, 2.24) is 14.8 Å². The van der Waals surface area contributed by atoms with E-state index >= 15 is 0 Å². The molecular weight excluding hydrogens is 576 g/mol. The van der Waals surface area contributed by atoms with E-state index in [1.54, 1.807) is 57.6 Å². The number of ether oxygens (including phenoxy) is 5. The number of nitrogens with zero attached hydrogens (tertiary/aromatic N) is 4. The summed E-state index contributed by atoms with van der Waals surface area (Å²) >= 11 is 0. The molecule has 2 heterocycles. The van der Waals surface area contributed by atoms with Crippen molar-refractivity contribution in [3.63, 3.8) is 0 Å². The van der Waals surface area contributed by atoms with Gasteiger partial charge in [0, 0.05) is 38.2 Å². The molecule has 1 atom stereocenters. The van der Waals surface area contributed by atoms with Crippen molar-refractivity contribution >= 4 is 17.5 Å². The Morgan fingerprint density at radius 3 is 2.11 bits per heavy atom. The van der Waals surface area contributed by atoms with E-state index < -0.39 is 6.04 Å². The molecule has 11 nitrogen and oxygen atoms in total. The van der Waals surface area contributed by atoms with Crippen LogP contribution in [-0.2, 0) is 9.53 Å². The first-order chi connectivity index (χ1) is 21.9. The van der Waals surface area contributed by atoms with Crippen LogP contribution in [0.5, 0.6) is 23.0 Å². The van der Waals surface area contributed by atoms with Crippen molar-refractivity contribution in [2.75, 3.05) is 74.4 Å². The molecule has 3 aromatic rings. The number of hydrogen-bond acceptors (Lipinski definition) is 9. The molecule has 0 saturated carbocycles. The van der Waals surface area contributed by atoms with Gasteiger partial charge in [0.2, 0.25) is 0 Å². The number of hydrazone groups is 1. The summed E-state index contributed by atoms with van der Waals surface area (Å²) in [5.74, 6) is 2.00. The number of methoxy groups -OCH3 is 4. The van der Waals surface area contributed by atoms with Gasteiger partial charge in [-0.15, -0.1) is 0 Å². The molecule has 2 aliphatic heterocycles. The van der Waals surface area contributed by atoms with Crippen LogP contribution in [0.4, 0.5) is 0 Å². The summed E-state index contributed by atoms with van der Waals surface area (Å²) in [6, 6.07) is 19.7. The Balaban J connectivity index is 1.44. The van der Waals surface area contributed by atoms with Crippen molar-refractivity contribution in [3.05, 3.63) is 83.4 Å². The molecule has 0 N–H and O–H groups in total. The molecule has 1 saturated heterocycles. The third-order valence-corrected chi connectivity index (χ3v) is 8.12. The van der Waals surface area contributed by atoms with Crippen molar-refractivity contribution in [2.45, 2.75) is 12.5 Å². The molecule has 0 aromatic heterocycles. The van der Waals surface area contributed by atoms with Crippen LogP contribution in [-0.4, -0.2) is 107 Å². The fourth-order valence-electron chi connectivity index (χ4n) is 5.51. The first-order valence-corrected chi connectivity index (χ1v) is 14.9. The Bertz CT molecular complexity index is 1490. The minimum absolute atomic E-state index is 0.140. The summed E-state index contributed by atoms with van der Waals surface area (Å²) in [6.07, 6.45) is 0.480. The van der Waals surface area contributed by atoms with Crippen LogP contribution < -0.4 is 18.9 Å². The summed E-state index contributed by atoms with van der Waals surface area (Å²) in [4.78, 5) is 31.8. The SMILES string of the molecule is COc1ccc(C(=O)N(CCN2CCOCC2)CC(=O)N2N=C(c3ccc(OC)cc3)C[C@@H]2c2ccc(OC)c(OC)c2)cc1. The van der Waals surface area contributed by atoms with Gasteiger partial charge in [0.05, 0.1) is 53.4 Å². The summed E-state index contributed by atoms with van der Waals surface area (Å²) < 4.78 is 27.1. The summed E-state index contributed by atoms with van der Waals surface area (Å²) in [5, 5.41) is 6.34. The quantitative estimate of drug-likeness (QED) is 0.302. The second-order valence-electron chi connectivity index (χ2n) is 10.8. The third-order valence-electron chi connectivity index (χ3n) is 8.12. The standard InChI is InChI=1S/C34H40N4O7/c1-41-27-10-5-24(6-11-27)29-22-30(26-9-14-31(43-3)32(21-26)44-4)38(35-29)33(39)23-37(16-15-36-17-19-45-20-18-36)34(40)25-7-12-28(42-2)13-8-25/h5-14,21,30H,15-20,22-23H2,1-4H3/t30-/m1/s1. The molecule has 45 heavy (non-hydrogen) atoms. The van der Waals surface area contributed by atoms with Gasteiger partial charge in [-0.05, 0) is 71.8 Å². The normalized spacial score (nSPS) is 16.6. The minimum Gasteiger partial charge on any atom is -0.497 e. The van der Waals surface area contributed by atoms with Gasteiger partial charge >= 0.3 is 0 Å². The maximum Gasteiger partial charge on any atom is 0.262 e. The van der Waals surface area contributed by atoms with Crippen molar-refractivity contribution < 1.29 is 33.3 Å². The predicted octanol–water partition coefficient (Wildman–Crippen LogP) is 3.87. The molecule has 0 spiro atoms. The highest BCUT2D eigenvalue weighted by molar-refractivity contribution is 6.04. The van der Waals surface area contributed by atoms with Crippen LogP contribution in [0, 0.1) is 0 Å². The van der Waals surface area contributed by atoms with Crippen molar-refractivity contribution in [3.8, 4) is 23.0 Å². The van der Waals surface area contributed by atoms with Gasteiger partial charge in [-0.3, -0.25) is 14.5 Å².